The summed E-state index contributed by atoms with van der Waals surface area (Å²) in [6.45, 7) is 5.36. The number of thiazole rings is 1. The highest BCUT2D eigenvalue weighted by Gasteiger charge is 2.59. The molecule has 2 unspecified atom stereocenters. The zero-order valence-corrected chi connectivity index (χ0v) is 23.9. The van der Waals surface area contributed by atoms with Crippen LogP contribution in [0, 0.1) is 5.41 Å². The van der Waals surface area contributed by atoms with Crippen LogP contribution in [0.15, 0.2) is 10.5 Å². The quantitative estimate of drug-likeness (QED) is 0.0915. The van der Waals surface area contributed by atoms with Gasteiger partial charge in [-0.15, -0.1) is 34.9 Å². The van der Waals surface area contributed by atoms with Gasteiger partial charge in [-0.1, -0.05) is 5.16 Å². The first-order chi connectivity index (χ1) is 18.4. The van der Waals surface area contributed by atoms with Gasteiger partial charge in [0.05, 0.1) is 23.9 Å². The monoisotopic (exact) mass is 603 g/mol. The summed E-state index contributed by atoms with van der Waals surface area (Å²) in [6, 6.07) is -0.900. The number of rotatable bonds is 8. The van der Waals surface area contributed by atoms with Crippen LogP contribution in [0.5, 0.6) is 0 Å². The molecule has 0 aromatic carbocycles. The van der Waals surface area contributed by atoms with Crippen LogP contribution in [0.4, 0.5) is 5.13 Å². The van der Waals surface area contributed by atoms with Crippen LogP contribution in [-0.2, 0) is 38.1 Å². The summed E-state index contributed by atoms with van der Waals surface area (Å²) in [7, 11) is 0. The van der Waals surface area contributed by atoms with E-state index in [1.165, 1.54) is 33.8 Å². The second kappa shape index (κ2) is 11.9. The summed E-state index contributed by atoms with van der Waals surface area (Å²) in [5, 5.41) is 15.9. The van der Waals surface area contributed by atoms with E-state index in [4.69, 9.17) is 24.7 Å². The van der Waals surface area contributed by atoms with Crippen molar-refractivity contribution in [3.8, 4) is 0 Å². The van der Waals surface area contributed by atoms with Gasteiger partial charge in [0, 0.05) is 17.7 Å². The van der Waals surface area contributed by atoms with Crippen LogP contribution in [0.25, 0.3) is 0 Å². The number of aromatic nitrogens is 1. The lowest BCUT2D eigenvalue weighted by Crippen LogP contribution is -2.75. The number of nitrogens with zero attached hydrogens (tertiary/aromatic N) is 3. The Morgan fingerprint density at radius 1 is 1.33 bits per heavy atom. The Morgan fingerprint density at radius 2 is 2.05 bits per heavy atom. The molecule has 0 aliphatic carbocycles. The number of nitrogens with two attached hydrogens (primary N) is 1. The minimum Gasteiger partial charge on any atom is -0.427 e. The number of thioether (sulfide) groups is 2. The molecule has 4 N–H and O–H groups in total. The second-order valence-electron chi connectivity index (χ2n) is 9.96. The van der Waals surface area contributed by atoms with Crippen molar-refractivity contribution < 1.29 is 43.3 Å². The predicted octanol–water partition coefficient (Wildman–Crippen LogP) is 0.238. The van der Waals surface area contributed by atoms with E-state index >= 15 is 0 Å². The lowest BCUT2D eigenvalue weighted by atomic mass is 9.98. The first-order valence-corrected chi connectivity index (χ1v) is 14.6. The molecule has 3 fully saturated rings. The van der Waals surface area contributed by atoms with Gasteiger partial charge in [-0.2, -0.15) is 0 Å². The molecule has 3 aliphatic heterocycles. The number of esters is 2. The zero-order valence-electron chi connectivity index (χ0n) is 21.4. The summed E-state index contributed by atoms with van der Waals surface area (Å²) in [4.78, 5) is 56.7. The number of anilines is 1. The summed E-state index contributed by atoms with van der Waals surface area (Å²) in [5.41, 5.74) is 4.54. The molecule has 0 saturated carbocycles. The highest BCUT2D eigenvalue weighted by Crippen LogP contribution is 2.46. The molecule has 17 heteroatoms. The molecule has 4 heterocycles. The number of nitrogens with one attached hydrogen (secondary N) is 1. The Morgan fingerprint density at radius 3 is 2.67 bits per heavy atom. The largest absolute Gasteiger partial charge is 0.427 e. The number of carbonyl (C=O) groups is 4. The van der Waals surface area contributed by atoms with Gasteiger partial charge in [0.1, 0.15) is 28.6 Å². The van der Waals surface area contributed by atoms with Crippen LogP contribution in [0.3, 0.4) is 0 Å². The molecule has 14 nitrogen and oxygen atoms in total. The summed E-state index contributed by atoms with van der Waals surface area (Å²) in [6.07, 6.45) is 0. The highest BCUT2D eigenvalue weighted by atomic mass is 32.2. The van der Waals surface area contributed by atoms with E-state index in [0.29, 0.717) is 13.2 Å². The minimum absolute atomic E-state index is 0.00660. The van der Waals surface area contributed by atoms with E-state index in [0.717, 1.165) is 11.3 Å². The summed E-state index contributed by atoms with van der Waals surface area (Å²) >= 11 is 3.66. The lowest BCUT2D eigenvalue weighted by Gasteiger charge is -2.54. The fraction of sp³-hybridized carbons (Fsp3) is 0.636. The lowest BCUT2D eigenvalue weighted by molar-refractivity contribution is -0.175. The van der Waals surface area contributed by atoms with Crippen molar-refractivity contribution in [1.82, 2.24) is 15.2 Å². The first kappa shape index (κ1) is 29.4. The molecule has 4 rings (SSSR count). The first-order valence-electron chi connectivity index (χ1n) is 11.8. The van der Waals surface area contributed by atoms with Crippen molar-refractivity contribution in [2.45, 2.75) is 42.2 Å². The van der Waals surface area contributed by atoms with Gasteiger partial charge in [-0.05, 0) is 20.8 Å². The number of nitrogen functional groups attached to an aromatic ring is 1. The van der Waals surface area contributed by atoms with Gasteiger partial charge < -0.3 is 40.1 Å². The maximum atomic E-state index is 13.4. The van der Waals surface area contributed by atoms with Gasteiger partial charge in [0.15, 0.2) is 10.8 Å². The SMILES string of the molecule is CC(C)(C)C(=O)OCOC(=O)C1(SC2COCOC2)CS[C@@H]2C(NC(=O)C(=NO)c3csc(N)n3)C(=O)N2C1. The maximum absolute atomic E-state index is 13.4. The van der Waals surface area contributed by atoms with E-state index in [1.54, 1.807) is 20.8 Å². The van der Waals surface area contributed by atoms with Gasteiger partial charge in [-0.3, -0.25) is 19.2 Å². The number of oxime groups is 1. The average molecular weight is 604 g/mol. The van der Waals surface area contributed by atoms with E-state index in [1.807, 2.05) is 0 Å². The van der Waals surface area contributed by atoms with Crippen molar-refractivity contribution in [1.29, 1.82) is 0 Å². The van der Waals surface area contributed by atoms with E-state index < -0.39 is 52.1 Å². The average Bonchev–Trinajstić information content (AvgIpc) is 3.33. The van der Waals surface area contributed by atoms with Crippen molar-refractivity contribution in [3.63, 3.8) is 0 Å². The molecular weight excluding hydrogens is 574 g/mol. The van der Waals surface area contributed by atoms with Crippen molar-refractivity contribution in [2.24, 2.45) is 10.6 Å². The highest BCUT2D eigenvalue weighted by molar-refractivity contribution is 8.05. The van der Waals surface area contributed by atoms with E-state index in [9.17, 15) is 24.4 Å². The van der Waals surface area contributed by atoms with Gasteiger partial charge in [-0.25, -0.2) is 4.98 Å². The number of β-lactam (4-membered cyclic amide) rings is 1. The molecule has 39 heavy (non-hydrogen) atoms. The van der Waals surface area contributed by atoms with Crippen LogP contribution in [0.2, 0.25) is 0 Å². The minimum atomic E-state index is -1.19. The van der Waals surface area contributed by atoms with Gasteiger partial charge in [0.2, 0.25) is 12.7 Å². The molecule has 0 spiro atoms. The van der Waals surface area contributed by atoms with Crippen LogP contribution >= 0.6 is 34.9 Å². The molecule has 3 saturated heterocycles. The number of ether oxygens (including phenoxy) is 4. The molecular formula is C22H29N5O9S3. The molecule has 0 bridgehead atoms. The third kappa shape index (κ3) is 6.42. The Hall–Kier alpha value is -2.60. The fourth-order valence-electron chi connectivity index (χ4n) is 3.95. The summed E-state index contributed by atoms with van der Waals surface area (Å²) < 4.78 is 20.0. The summed E-state index contributed by atoms with van der Waals surface area (Å²) in [5.74, 6) is -2.12. The number of fused-ring (bicyclic) bond motifs is 1. The Kier molecular flexibility index (Phi) is 8.95. The number of amides is 2. The van der Waals surface area contributed by atoms with Crippen molar-refractivity contribution in [3.05, 3.63) is 11.1 Å². The topological polar surface area (TPSA) is 192 Å². The van der Waals surface area contributed by atoms with Crippen LogP contribution < -0.4 is 11.1 Å². The molecule has 1 aromatic rings. The smallest absolute Gasteiger partial charge is 0.327 e. The zero-order chi connectivity index (χ0) is 28.4. The molecule has 0 radical (unpaired) electrons. The third-order valence-corrected chi connectivity index (χ3v) is 9.83. The van der Waals surface area contributed by atoms with Gasteiger partial charge in [0.25, 0.3) is 5.91 Å². The second-order valence-corrected chi connectivity index (χ2v) is 13.6. The standard InChI is InChI=1S/C22H29N5O9S3/c1-21(2,3)18(30)35-10-36-19(31)22(39-11-4-33-9-34-5-11)7-27-16(29)14(17(27)38-8-22)25-15(28)13(26-32)12-6-37-20(23)24-12/h6,11,14,17,32H,4-5,7-10H2,1-3H3,(H2,23,24)(H,25,28)/t14?,17-,22?/m1/s1. The van der Waals surface area contributed by atoms with Crippen LogP contribution in [0.1, 0.15) is 26.5 Å². The Labute approximate surface area is 236 Å². The third-order valence-electron chi connectivity index (χ3n) is 5.95. The van der Waals surface area contributed by atoms with Crippen molar-refractivity contribution in [2.75, 3.05) is 44.8 Å². The van der Waals surface area contributed by atoms with E-state index in [-0.39, 0.29) is 40.9 Å². The number of hydrogen-bond acceptors (Lipinski definition) is 15. The maximum Gasteiger partial charge on any atom is 0.327 e. The Bertz CT molecular complexity index is 1150. The molecule has 2 amide bonds. The van der Waals surface area contributed by atoms with Crippen molar-refractivity contribution >= 4 is 69.5 Å². The van der Waals surface area contributed by atoms with Gasteiger partial charge >= 0.3 is 11.9 Å². The molecule has 3 aliphatic rings. The molecule has 1 aromatic heterocycles. The fourth-order valence-corrected chi connectivity index (χ4v) is 7.70. The van der Waals surface area contributed by atoms with Crippen LogP contribution in [-0.4, -0.2) is 105 Å². The predicted molar refractivity (Wildman–Crippen MR) is 142 cm³/mol. The molecule has 214 valence electrons. The number of hydrogen-bond donors (Lipinski definition) is 3. The normalized spacial score (nSPS) is 25.9. The molecule has 3 atom stereocenters. The van der Waals surface area contributed by atoms with E-state index in [2.05, 4.69) is 15.5 Å². The number of carbonyl (C=O) groups excluding carboxylic acids is 4. The Balaban J connectivity index is 1.43.